The van der Waals surface area contributed by atoms with Crippen LogP contribution in [0.2, 0.25) is 0 Å². The van der Waals surface area contributed by atoms with Crippen LogP contribution in [0.1, 0.15) is 6.42 Å². The molecular weight excluding hydrogens is 265 g/mol. The van der Waals surface area contributed by atoms with Crippen LogP contribution in [0.15, 0.2) is 0 Å². The minimum absolute atomic E-state index is 0.00567. The van der Waals surface area contributed by atoms with Gasteiger partial charge in [0.15, 0.2) is 5.75 Å². The molecule has 1 rings (SSSR count). The van der Waals surface area contributed by atoms with Crippen LogP contribution in [0.4, 0.5) is 22.0 Å². The minimum atomic E-state index is -2.23. The summed E-state index contributed by atoms with van der Waals surface area (Å²) < 4.78 is 68.5. The van der Waals surface area contributed by atoms with Gasteiger partial charge in [0.05, 0.1) is 11.6 Å². The van der Waals surface area contributed by atoms with Gasteiger partial charge >= 0.3 is 0 Å². The second kappa shape index (κ2) is 5.26. The standard InChI is InChI=1S/C9H6F5NOS/c10-4-5(11)7(13)9(8(14)6(4)12)16-2-1-3(15)17/h1-2H2,(H2,15,17). The summed E-state index contributed by atoms with van der Waals surface area (Å²) in [7, 11) is 0. The predicted molar refractivity (Wildman–Crippen MR) is 53.1 cm³/mol. The second-order valence-electron chi connectivity index (χ2n) is 2.96. The number of hydrogen-bond donors (Lipinski definition) is 1. The van der Waals surface area contributed by atoms with Gasteiger partial charge in [-0.15, -0.1) is 0 Å². The lowest BCUT2D eigenvalue weighted by atomic mass is 10.2. The highest BCUT2D eigenvalue weighted by molar-refractivity contribution is 7.80. The van der Waals surface area contributed by atoms with Crippen molar-refractivity contribution < 1.29 is 26.7 Å². The summed E-state index contributed by atoms with van der Waals surface area (Å²) in [6.07, 6.45) is -0.0468. The zero-order valence-electron chi connectivity index (χ0n) is 8.20. The predicted octanol–water partition coefficient (Wildman–Crippen LogP) is 2.44. The highest BCUT2D eigenvalue weighted by atomic mass is 32.1. The van der Waals surface area contributed by atoms with Crippen molar-refractivity contribution >= 4 is 17.2 Å². The summed E-state index contributed by atoms with van der Waals surface area (Å²) in [5, 5.41) is 0. The van der Waals surface area contributed by atoms with E-state index in [2.05, 4.69) is 17.0 Å². The lowest BCUT2D eigenvalue weighted by molar-refractivity contribution is 0.269. The maximum absolute atomic E-state index is 13.0. The molecule has 17 heavy (non-hydrogen) atoms. The van der Waals surface area contributed by atoms with Gasteiger partial charge in [-0.05, 0) is 0 Å². The third-order valence-corrected chi connectivity index (χ3v) is 1.97. The SMILES string of the molecule is NC(=S)CCOc1c(F)c(F)c(F)c(F)c1F. The molecule has 0 radical (unpaired) electrons. The van der Waals surface area contributed by atoms with E-state index in [0.29, 0.717) is 0 Å². The molecule has 0 unspecified atom stereocenters. The van der Waals surface area contributed by atoms with Crippen molar-refractivity contribution in [2.75, 3.05) is 6.61 Å². The second-order valence-corrected chi connectivity index (χ2v) is 3.49. The van der Waals surface area contributed by atoms with Gasteiger partial charge < -0.3 is 10.5 Å². The van der Waals surface area contributed by atoms with Crippen molar-refractivity contribution in [1.29, 1.82) is 0 Å². The van der Waals surface area contributed by atoms with Gasteiger partial charge in [0, 0.05) is 6.42 Å². The zero-order chi connectivity index (χ0) is 13.2. The molecule has 0 fully saturated rings. The average Bonchev–Trinajstić information content (AvgIpc) is 2.28. The number of rotatable bonds is 4. The number of ether oxygens (including phenoxy) is 1. The summed E-state index contributed by atoms with van der Waals surface area (Å²) in [6, 6.07) is 0. The van der Waals surface area contributed by atoms with Crippen LogP contribution in [0.3, 0.4) is 0 Å². The Morgan fingerprint density at radius 1 is 0.941 bits per heavy atom. The average molecular weight is 271 g/mol. The Hall–Kier alpha value is -1.44. The third-order valence-electron chi connectivity index (χ3n) is 1.76. The number of thiocarbonyl (C=S) groups is 1. The molecule has 2 N–H and O–H groups in total. The molecule has 1 aromatic rings. The fraction of sp³-hybridized carbons (Fsp3) is 0.222. The van der Waals surface area contributed by atoms with Crippen LogP contribution in [-0.4, -0.2) is 11.6 Å². The third kappa shape index (κ3) is 2.82. The molecule has 0 bridgehead atoms. The quantitative estimate of drug-likeness (QED) is 0.395. The molecule has 0 atom stereocenters. The minimum Gasteiger partial charge on any atom is -0.487 e. The van der Waals surface area contributed by atoms with E-state index in [1.54, 1.807) is 0 Å². The van der Waals surface area contributed by atoms with E-state index in [9.17, 15) is 22.0 Å². The largest absolute Gasteiger partial charge is 0.487 e. The van der Waals surface area contributed by atoms with E-state index in [-0.39, 0.29) is 18.0 Å². The fourth-order valence-corrected chi connectivity index (χ4v) is 1.05. The first-order chi connectivity index (χ1) is 7.86. The Labute approximate surface area is 98.2 Å². The first kappa shape index (κ1) is 13.6. The van der Waals surface area contributed by atoms with Gasteiger partial charge in [-0.2, -0.15) is 8.78 Å². The first-order valence-corrected chi connectivity index (χ1v) is 4.69. The van der Waals surface area contributed by atoms with Crippen LogP contribution in [0.25, 0.3) is 0 Å². The first-order valence-electron chi connectivity index (χ1n) is 4.28. The molecule has 0 aliphatic carbocycles. The van der Waals surface area contributed by atoms with Crippen LogP contribution >= 0.6 is 12.2 Å². The Morgan fingerprint density at radius 2 is 1.35 bits per heavy atom. The number of hydrogen-bond acceptors (Lipinski definition) is 2. The Kier molecular flexibility index (Phi) is 4.22. The fourth-order valence-electron chi connectivity index (χ4n) is 0.965. The molecule has 0 amide bonds. The maximum atomic E-state index is 13.0. The summed E-state index contributed by atoms with van der Waals surface area (Å²) >= 11 is 4.45. The monoisotopic (exact) mass is 271 g/mol. The number of halogens is 5. The van der Waals surface area contributed by atoms with Crippen LogP contribution in [-0.2, 0) is 0 Å². The van der Waals surface area contributed by atoms with Gasteiger partial charge in [0.2, 0.25) is 29.1 Å². The summed E-state index contributed by atoms with van der Waals surface area (Å²) in [4.78, 5) is -0.00567. The number of benzene rings is 1. The molecule has 0 heterocycles. The van der Waals surface area contributed by atoms with Gasteiger partial charge in [-0.3, -0.25) is 0 Å². The molecule has 0 aliphatic rings. The Balaban J connectivity index is 3.03. The molecule has 8 heteroatoms. The van der Waals surface area contributed by atoms with E-state index < -0.39 is 34.8 Å². The van der Waals surface area contributed by atoms with Crippen LogP contribution < -0.4 is 10.5 Å². The Morgan fingerprint density at radius 3 is 1.76 bits per heavy atom. The molecule has 0 saturated carbocycles. The molecule has 1 aromatic carbocycles. The topological polar surface area (TPSA) is 35.2 Å². The van der Waals surface area contributed by atoms with Gasteiger partial charge in [0.25, 0.3) is 0 Å². The van der Waals surface area contributed by atoms with Crippen molar-refractivity contribution in [1.82, 2.24) is 0 Å². The van der Waals surface area contributed by atoms with Crippen LogP contribution in [0, 0.1) is 29.1 Å². The van der Waals surface area contributed by atoms with Crippen LogP contribution in [0.5, 0.6) is 5.75 Å². The highest BCUT2D eigenvalue weighted by Crippen LogP contribution is 2.29. The highest BCUT2D eigenvalue weighted by Gasteiger charge is 2.26. The lowest BCUT2D eigenvalue weighted by Gasteiger charge is -2.09. The van der Waals surface area contributed by atoms with Crippen molar-refractivity contribution in [3.8, 4) is 5.75 Å². The molecule has 0 spiro atoms. The summed E-state index contributed by atoms with van der Waals surface area (Å²) in [6.45, 7) is -0.381. The lowest BCUT2D eigenvalue weighted by Crippen LogP contribution is -2.14. The van der Waals surface area contributed by atoms with E-state index in [1.165, 1.54) is 0 Å². The molecular formula is C9H6F5NOS. The van der Waals surface area contributed by atoms with E-state index in [0.717, 1.165) is 0 Å². The molecule has 2 nitrogen and oxygen atoms in total. The van der Waals surface area contributed by atoms with E-state index >= 15 is 0 Å². The molecule has 0 aliphatic heterocycles. The molecule has 0 aromatic heterocycles. The van der Waals surface area contributed by atoms with Gasteiger partial charge in [-0.1, -0.05) is 12.2 Å². The van der Waals surface area contributed by atoms with Crippen molar-refractivity contribution in [3.63, 3.8) is 0 Å². The summed E-state index contributed by atoms with van der Waals surface area (Å²) in [5.41, 5.74) is 5.07. The van der Waals surface area contributed by atoms with Gasteiger partial charge in [-0.25, -0.2) is 13.2 Å². The Bertz CT molecular complexity index is 436. The summed E-state index contributed by atoms with van der Waals surface area (Å²) in [5.74, 6) is -11.7. The van der Waals surface area contributed by atoms with E-state index in [4.69, 9.17) is 5.73 Å². The number of nitrogens with two attached hydrogens (primary N) is 1. The zero-order valence-corrected chi connectivity index (χ0v) is 9.01. The maximum Gasteiger partial charge on any atom is 0.206 e. The van der Waals surface area contributed by atoms with Crippen molar-refractivity contribution in [2.24, 2.45) is 5.73 Å². The molecule has 94 valence electrons. The molecule has 0 saturated heterocycles. The smallest absolute Gasteiger partial charge is 0.206 e. The van der Waals surface area contributed by atoms with Crippen molar-refractivity contribution in [2.45, 2.75) is 6.42 Å². The van der Waals surface area contributed by atoms with E-state index in [1.807, 2.05) is 0 Å². The van der Waals surface area contributed by atoms with Crippen molar-refractivity contribution in [3.05, 3.63) is 29.1 Å². The van der Waals surface area contributed by atoms with Gasteiger partial charge in [0.1, 0.15) is 0 Å². The normalized spacial score (nSPS) is 10.4.